The number of aromatic nitrogens is 2. The maximum atomic E-state index is 12.7. The van der Waals surface area contributed by atoms with E-state index < -0.39 is 5.97 Å². The van der Waals surface area contributed by atoms with E-state index in [9.17, 15) is 14.4 Å². The lowest BCUT2D eigenvalue weighted by molar-refractivity contribution is 0.0526. The van der Waals surface area contributed by atoms with E-state index in [4.69, 9.17) is 4.74 Å². The molecule has 3 aromatic carbocycles. The van der Waals surface area contributed by atoms with Gasteiger partial charge in [-0.25, -0.2) is 9.78 Å². The number of carbonyl (C=O) groups excluding carboxylic acids is 2. The van der Waals surface area contributed by atoms with E-state index >= 15 is 0 Å². The average Bonchev–Trinajstić information content (AvgIpc) is 2.80. The summed E-state index contributed by atoms with van der Waals surface area (Å²) in [4.78, 5) is 41.3. The first-order valence-corrected chi connectivity index (χ1v) is 9.72. The number of carbonyl (C=O) groups is 2. The molecule has 7 nitrogen and oxygen atoms in total. The number of nitrogens with zero attached hydrogens (tertiary/aromatic N) is 2. The molecule has 0 fully saturated rings. The third-order valence-electron chi connectivity index (χ3n) is 4.73. The number of hydrogen-bond acceptors (Lipinski definition) is 5. The Morgan fingerprint density at radius 2 is 1.61 bits per heavy atom. The molecular weight excluding hydrogens is 394 g/mol. The predicted octanol–water partition coefficient (Wildman–Crippen LogP) is 3.81. The molecule has 0 unspecified atom stereocenters. The van der Waals surface area contributed by atoms with Crippen molar-refractivity contribution in [1.82, 2.24) is 9.55 Å². The summed E-state index contributed by atoms with van der Waals surface area (Å²) < 4.78 is 6.39. The zero-order valence-electron chi connectivity index (χ0n) is 16.7. The molecular formula is C24H19N3O4. The van der Waals surface area contributed by atoms with Gasteiger partial charge in [0.15, 0.2) is 0 Å². The second-order valence-corrected chi connectivity index (χ2v) is 6.74. The van der Waals surface area contributed by atoms with Gasteiger partial charge in [0, 0.05) is 11.3 Å². The van der Waals surface area contributed by atoms with Crippen LogP contribution in [0.4, 0.5) is 5.69 Å². The molecule has 0 saturated carbocycles. The molecule has 1 N–H and O–H groups in total. The SMILES string of the molecule is CCOC(=O)c1ccc(NC(=O)c2ccc(-n3cnc4ccccc4c3=O)cc2)cc1. The zero-order chi connectivity index (χ0) is 21.8. The molecule has 7 heteroatoms. The van der Waals surface area contributed by atoms with E-state index in [1.807, 2.05) is 6.07 Å². The molecule has 1 aromatic heterocycles. The highest BCUT2D eigenvalue weighted by Crippen LogP contribution is 2.14. The van der Waals surface area contributed by atoms with Crippen molar-refractivity contribution in [3.63, 3.8) is 0 Å². The fourth-order valence-corrected chi connectivity index (χ4v) is 3.13. The number of ether oxygens (including phenoxy) is 1. The van der Waals surface area contributed by atoms with Crippen LogP contribution in [0.5, 0.6) is 0 Å². The lowest BCUT2D eigenvalue weighted by Crippen LogP contribution is -2.19. The first-order valence-electron chi connectivity index (χ1n) is 9.72. The number of hydrogen-bond donors (Lipinski definition) is 1. The van der Waals surface area contributed by atoms with Crippen LogP contribution in [-0.2, 0) is 4.74 Å². The van der Waals surface area contributed by atoms with Gasteiger partial charge in [-0.05, 0) is 67.6 Å². The largest absolute Gasteiger partial charge is 0.462 e. The van der Waals surface area contributed by atoms with Crippen molar-refractivity contribution in [2.45, 2.75) is 6.92 Å². The molecule has 1 heterocycles. The van der Waals surface area contributed by atoms with Crippen molar-refractivity contribution in [3.8, 4) is 5.69 Å². The van der Waals surface area contributed by atoms with E-state index in [1.54, 1.807) is 73.7 Å². The molecule has 0 atom stereocenters. The normalized spacial score (nSPS) is 10.6. The Morgan fingerprint density at radius 1 is 0.935 bits per heavy atom. The number of benzene rings is 3. The number of esters is 1. The fourth-order valence-electron chi connectivity index (χ4n) is 3.13. The third kappa shape index (κ3) is 4.20. The van der Waals surface area contributed by atoms with Crippen LogP contribution in [0.3, 0.4) is 0 Å². The van der Waals surface area contributed by atoms with Crippen LogP contribution in [0.25, 0.3) is 16.6 Å². The van der Waals surface area contributed by atoms with Crippen molar-refractivity contribution < 1.29 is 14.3 Å². The summed E-state index contributed by atoms with van der Waals surface area (Å²) in [5.41, 5.74) is 2.47. The number of para-hydroxylation sites is 1. The molecule has 4 aromatic rings. The average molecular weight is 413 g/mol. The summed E-state index contributed by atoms with van der Waals surface area (Å²) in [6, 6.07) is 20.3. The van der Waals surface area contributed by atoms with Crippen LogP contribution in [-0.4, -0.2) is 28.0 Å². The van der Waals surface area contributed by atoms with Gasteiger partial charge in [0.25, 0.3) is 11.5 Å². The molecule has 31 heavy (non-hydrogen) atoms. The highest BCUT2D eigenvalue weighted by Gasteiger charge is 2.10. The lowest BCUT2D eigenvalue weighted by atomic mass is 10.1. The topological polar surface area (TPSA) is 90.3 Å². The molecule has 4 rings (SSSR count). The van der Waals surface area contributed by atoms with Crippen molar-refractivity contribution >= 4 is 28.5 Å². The van der Waals surface area contributed by atoms with Crippen LogP contribution in [0.2, 0.25) is 0 Å². The Labute approximate surface area is 177 Å². The minimum atomic E-state index is -0.408. The molecule has 0 radical (unpaired) electrons. The number of amides is 1. The standard InChI is InChI=1S/C24H19N3O4/c1-2-31-24(30)17-7-11-18(12-8-17)26-22(28)16-9-13-19(14-10-16)27-15-25-21-6-4-3-5-20(21)23(27)29/h3-15H,2H2,1H3,(H,26,28). The molecule has 0 aliphatic rings. The van der Waals surface area contributed by atoms with Gasteiger partial charge in [-0.1, -0.05) is 12.1 Å². The van der Waals surface area contributed by atoms with Crippen molar-refractivity contribution in [2.24, 2.45) is 0 Å². The van der Waals surface area contributed by atoms with Crippen LogP contribution >= 0.6 is 0 Å². The van der Waals surface area contributed by atoms with E-state index in [0.29, 0.717) is 40.0 Å². The van der Waals surface area contributed by atoms with Crippen molar-refractivity contribution in [1.29, 1.82) is 0 Å². The van der Waals surface area contributed by atoms with Gasteiger partial charge in [-0.2, -0.15) is 0 Å². The molecule has 0 bridgehead atoms. The van der Waals surface area contributed by atoms with E-state index in [2.05, 4.69) is 10.3 Å². The Bertz CT molecular complexity index is 1310. The summed E-state index contributed by atoms with van der Waals surface area (Å²) in [6.07, 6.45) is 1.48. The van der Waals surface area contributed by atoms with Gasteiger partial charge in [0.05, 0.1) is 28.8 Å². The van der Waals surface area contributed by atoms with E-state index in [1.165, 1.54) is 10.9 Å². The number of anilines is 1. The fraction of sp³-hybridized carbons (Fsp3) is 0.0833. The second-order valence-electron chi connectivity index (χ2n) is 6.74. The Hall–Kier alpha value is -4.26. The Kier molecular flexibility index (Phi) is 5.57. The van der Waals surface area contributed by atoms with Gasteiger partial charge in [-0.15, -0.1) is 0 Å². The summed E-state index contributed by atoms with van der Waals surface area (Å²) in [5.74, 6) is -0.714. The molecule has 154 valence electrons. The Morgan fingerprint density at radius 3 is 2.32 bits per heavy atom. The molecule has 0 spiro atoms. The molecule has 1 amide bonds. The highest BCUT2D eigenvalue weighted by atomic mass is 16.5. The Balaban J connectivity index is 1.51. The molecule has 0 aliphatic carbocycles. The summed E-state index contributed by atoms with van der Waals surface area (Å²) >= 11 is 0. The van der Waals surface area contributed by atoms with Crippen LogP contribution < -0.4 is 10.9 Å². The molecule has 0 saturated heterocycles. The highest BCUT2D eigenvalue weighted by molar-refractivity contribution is 6.04. The summed E-state index contributed by atoms with van der Waals surface area (Å²) in [6.45, 7) is 2.04. The van der Waals surface area contributed by atoms with Crippen molar-refractivity contribution in [2.75, 3.05) is 11.9 Å². The van der Waals surface area contributed by atoms with Gasteiger partial charge in [0.1, 0.15) is 6.33 Å². The van der Waals surface area contributed by atoms with Gasteiger partial charge < -0.3 is 10.1 Å². The van der Waals surface area contributed by atoms with E-state index in [-0.39, 0.29) is 11.5 Å². The van der Waals surface area contributed by atoms with Gasteiger partial charge in [0.2, 0.25) is 0 Å². The van der Waals surface area contributed by atoms with Crippen LogP contribution in [0.1, 0.15) is 27.6 Å². The minimum absolute atomic E-state index is 0.176. The monoisotopic (exact) mass is 413 g/mol. The van der Waals surface area contributed by atoms with Gasteiger partial charge >= 0.3 is 5.97 Å². The van der Waals surface area contributed by atoms with Crippen molar-refractivity contribution in [3.05, 3.63) is 101 Å². The summed E-state index contributed by atoms with van der Waals surface area (Å²) in [7, 11) is 0. The molecule has 0 aliphatic heterocycles. The smallest absolute Gasteiger partial charge is 0.338 e. The zero-order valence-corrected chi connectivity index (χ0v) is 16.7. The minimum Gasteiger partial charge on any atom is -0.462 e. The van der Waals surface area contributed by atoms with Crippen LogP contribution in [0.15, 0.2) is 83.9 Å². The maximum absolute atomic E-state index is 12.7. The quantitative estimate of drug-likeness (QED) is 0.503. The number of fused-ring (bicyclic) bond motifs is 1. The summed E-state index contributed by atoms with van der Waals surface area (Å²) in [5, 5.41) is 3.31. The number of nitrogens with one attached hydrogen (secondary N) is 1. The van der Waals surface area contributed by atoms with Crippen LogP contribution in [0, 0.1) is 0 Å². The first-order chi connectivity index (χ1) is 15.1. The first kappa shape index (κ1) is 20.0. The number of rotatable bonds is 5. The third-order valence-corrected chi connectivity index (χ3v) is 4.73. The van der Waals surface area contributed by atoms with Gasteiger partial charge in [-0.3, -0.25) is 14.2 Å². The predicted molar refractivity (Wildman–Crippen MR) is 118 cm³/mol. The second kappa shape index (κ2) is 8.62. The van der Waals surface area contributed by atoms with E-state index in [0.717, 1.165) is 0 Å². The lowest BCUT2D eigenvalue weighted by Gasteiger charge is -2.09. The maximum Gasteiger partial charge on any atom is 0.338 e.